The lowest BCUT2D eigenvalue weighted by Gasteiger charge is -2.52. The second-order valence-corrected chi connectivity index (χ2v) is 8.16. The third-order valence-electron chi connectivity index (χ3n) is 4.53. The van der Waals surface area contributed by atoms with E-state index in [4.69, 9.17) is 4.84 Å². The Morgan fingerprint density at radius 2 is 1.67 bits per heavy atom. The maximum atomic E-state index is 6.54. The van der Waals surface area contributed by atoms with E-state index in [1.165, 1.54) is 44.1 Å². The minimum Gasteiger partial charge on any atom is -0.291 e. The third-order valence-corrected chi connectivity index (χ3v) is 4.53. The van der Waals surface area contributed by atoms with Crippen molar-refractivity contribution in [1.29, 1.82) is 0 Å². The van der Waals surface area contributed by atoms with Crippen molar-refractivity contribution in [2.45, 2.75) is 111 Å². The Morgan fingerprint density at radius 3 is 2.14 bits per heavy atom. The maximum Gasteiger partial charge on any atom is 0.0977 e. The highest BCUT2D eigenvalue weighted by molar-refractivity contribution is 5.00. The van der Waals surface area contributed by atoms with Crippen LogP contribution < -0.4 is 0 Å². The Morgan fingerprint density at radius 1 is 1.10 bits per heavy atom. The van der Waals surface area contributed by atoms with Gasteiger partial charge in [-0.25, -0.2) is 0 Å². The molecule has 0 aromatic carbocycles. The van der Waals surface area contributed by atoms with Gasteiger partial charge >= 0.3 is 0 Å². The predicted molar refractivity (Wildman–Crippen MR) is 92.3 cm³/mol. The van der Waals surface area contributed by atoms with Crippen LogP contribution in [0.3, 0.4) is 0 Å². The highest BCUT2D eigenvalue weighted by atomic mass is 16.7. The first-order valence-corrected chi connectivity index (χ1v) is 8.81. The highest BCUT2D eigenvalue weighted by Gasteiger charge is 2.43. The molecule has 1 atom stereocenters. The van der Waals surface area contributed by atoms with Crippen molar-refractivity contribution in [1.82, 2.24) is 5.06 Å². The molecule has 0 aromatic heterocycles. The second-order valence-electron chi connectivity index (χ2n) is 8.16. The molecule has 1 saturated heterocycles. The van der Waals surface area contributed by atoms with E-state index in [-0.39, 0.29) is 17.2 Å². The Kier molecular flexibility index (Phi) is 6.93. The Labute approximate surface area is 132 Å². The van der Waals surface area contributed by atoms with Gasteiger partial charge in [-0.1, -0.05) is 37.8 Å². The summed E-state index contributed by atoms with van der Waals surface area (Å²) in [6.45, 7) is 15.9. The molecule has 0 radical (unpaired) electrons. The smallest absolute Gasteiger partial charge is 0.0977 e. The summed E-state index contributed by atoms with van der Waals surface area (Å²) in [7, 11) is 0. The molecule has 1 heterocycles. The van der Waals surface area contributed by atoms with Gasteiger partial charge in [0, 0.05) is 11.1 Å². The fourth-order valence-corrected chi connectivity index (χ4v) is 3.53. The van der Waals surface area contributed by atoms with Gasteiger partial charge in [0.25, 0.3) is 0 Å². The van der Waals surface area contributed by atoms with Crippen molar-refractivity contribution < 1.29 is 4.84 Å². The van der Waals surface area contributed by atoms with Crippen molar-refractivity contribution in [3.05, 3.63) is 11.6 Å². The number of unbranched alkanes of at least 4 members (excludes halogenated alkanes) is 2. The van der Waals surface area contributed by atoms with Gasteiger partial charge in [-0.15, -0.1) is 0 Å². The molecule has 1 unspecified atom stereocenters. The number of hydrogen-bond donors (Lipinski definition) is 0. The van der Waals surface area contributed by atoms with Crippen LogP contribution in [0.1, 0.15) is 93.4 Å². The fraction of sp³-hybridized carbons (Fsp3) is 0.895. The van der Waals surface area contributed by atoms with Gasteiger partial charge in [-0.05, 0) is 67.2 Å². The molecule has 0 spiro atoms. The van der Waals surface area contributed by atoms with Gasteiger partial charge in [0.2, 0.25) is 0 Å². The van der Waals surface area contributed by atoms with Gasteiger partial charge in [0.1, 0.15) is 0 Å². The quantitative estimate of drug-likeness (QED) is 0.430. The summed E-state index contributed by atoms with van der Waals surface area (Å²) < 4.78 is 0. The van der Waals surface area contributed by atoms with Crippen molar-refractivity contribution in [3.63, 3.8) is 0 Å². The molecule has 124 valence electrons. The molecular formula is C19H37NO. The molecule has 0 bridgehead atoms. The van der Waals surface area contributed by atoms with Crippen LogP contribution in [0.25, 0.3) is 0 Å². The van der Waals surface area contributed by atoms with E-state index in [9.17, 15) is 0 Å². The SMILES string of the molecule is CCCCCC(C=C(C)C)ON1C(C)(C)CCCC1(C)C. The van der Waals surface area contributed by atoms with E-state index in [0.717, 1.165) is 6.42 Å². The summed E-state index contributed by atoms with van der Waals surface area (Å²) in [6.07, 6.45) is 11.2. The lowest BCUT2D eigenvalue weighted by Crippen LogP contribution is -2.59. The van der Waals surface area contributed by atoms with E-state index >= 15 is 0 Å². The largest absolute Gasteiger partial charge is 0.291 e. The maximum absolute atomic E-state index is 6.54. The lowest BCUT2D eigenvalue weighted by atomic mass is 9.82. The monoisotopic (exact) mass is 295 g/mol. The van der Waals surface area contributed by atoms with Crippen LogP contribution in [0, 0.1) is 0 Å². The first kappa shape index (κ1) is 18.7. The zero-order valence-corrected chi connectivity index (χ0v) is 15.5. The summed E-state index contributed by atoms with van der Waals surface area (Å²) in [6, 6.07) is 0. The van der Waals surface area contributed by atoms with E-state index < -0.39 is 0 Å². The van der Waals surface area contributed by atoms with Crippen LogP contribution in [-0.2, 0) is 4.84 Å². The number of piperidine rings is 1. The number of allylic oxidation sites excluding steroid dienone is 1. The Balaban J connectivity index is 2.80. The van der Waals surface area contributed by atoms with Crippen LogP contribution in [0.4, 0.5) is 0 Å². The lowest BCUT2D eigenvalue weighted by molar-refractivity contribution is -0.297. The van der Waals surface area contributed by atoms with Gasteiger partial charge in [-0.3, -0.25) is 4.84 Å². The Bertz CT molecular complexity index is 323. The molecule has 1 aliphatic rings. The van der Waals surface area contributed by atoms with E-state index in [1.807, 2.05) is 0 Å². The second kappa shape index (κ2) is 7.78. The van der Waals surface area contributed by atoms with Crippen molar-refractivity contribution >= 4 is 0 Å². The average molecular weight is 296 g/mol. The van der Waals surface area contributed by atoms with Crippen LogP contribution in [-0.4, -0.2) is 22.2 Å². The van der Waals surface area contributed by atoms with Crippen LogP contribution >= 0.6 is 0 Å². The first-order valence-electron chi connectivity index (χ1n) is 8.81. The number of hydrogen-bond acceptors (Lipinski definition) is 2. The molecule has 1 fully saturated rings. The molecule has 0 saturated carbocycles. The van der Waals surface area contributed by atoms with E-state index in [0.29, 0.717) is 0 Å². The van der Waals surface area contributed by atoms with Crippen LogP contribution in [0.15, 0.2) is 11.6 Å². The molecule has 0 N–H and O–H groups in total. The molecule has 2 heteroatoms. The molecule has 0 aromatic rings. The Hall–Kier alpha value is -0.340. The summed E-state index contributed by atoms with van der Waals surface area (Å²) in [5, 5.41) is 2.31. The summed E-state index contributed by atoms with van der Waals surface area (Å²) in [5.74, 6) is 0. The fourth-order valence-electron chi connectivity index (χ4n) is 3.53. The summed E-state index contributed by atoms with van der Waals surface area (Å²) in [5.41, 5.74) is 1.60. The van der Waals surface area contributed by atoms with Gasteiger partial charge in [-0.2, -0.15) is 5.06 Å². The first-order chi connectivity index (χ1) is 9.69. The standard InChI is InChI=1S/C19H37NO/c1-8-9-10-12-17(15-16(2)3)21-20-18(4,5)13-11-14-19(20,6)7/h15,17H,8-14H2,1-7H3. The molecule has 1 rings (SSSR count). The molecule has 0 aliphatic carbocycles. The van der Waals surface area contributed by atoms with Crippen LogP contribution in [0.2, 0.25) is 0 Å². The van der Waals surface area contributed by atoms with Crippen molar-refractivity contribution in [2.75, 3.05) is 0 Å². The molecule has 21 heavy (non-hydrogen) atoms. The molecule has 1 aliphatic heterocycles. The number of hydroxylamine groups is 2. The molecular weight excluding hydrogens is 258 g/mol. The average Bonchev–Trinajstić information content (AvgIpc) is 2.32. The van der Waals surface area contributed by atoms with Gasteiger partial charge < -0.3 is 0 Å². The molecule has 0 amide bonds. The van der Waals surface area contributed by atoms with Crippen molar-refractivity contribution in [2.24, 2.45) is 0 Å². The minimum absolute atomic E-state index is 0.125. The normalized spacial score (nSPS) is 22.8. The topological polar surface area (TPSA) is 12.5 Å². The number of nitrogens with zero attached hydrogens (tertiary/aromatic N) is 1. The third kappa shape index (κ3) is 5.75. The van der Waals surface area contributed by atoms with Crippen molar-refractivity contribution in [3.8, 4) is 0 Å². The van der Waals surface area contributed by atoms with Gasteiger partial charge in [0.15, 0.2) is 0 Å². The highest BCUT2D eigenvalue weighted by Crippen LogP contribution is 2.39. The van der Waals surface area contributed by atoms with Gasteiger partial charge in [0.05, 0.1) is 6.10 Å². The number of rotatable bonds is 7. The summed E-state index contributed by atoms with van der Waals surface area (Å²) in [4.78, 5) is 6.54. The van der Waals surface area contributed by atoms with Crippen LogP contribution in [0.5, 0.6) is 0 Å². The zero-order valence-electron chi connectivity index (χ0n) is 15.5. The van der Waals surface area contributed by atoms with E-state index in [2.05, 4.69) is 59.6 Å². The zero-order chi connectivity index (χ0) is 16.1. The van der Waals surface area contributed by atoms with E-state index in [1.54, 1.807) is 0 Å². The predicted octanol–water partition coefficient (Wildman–Crippen LogP) is 5.88. The molecule has 2 nitrogen and oxygen atoms in total. The minimum atomic E-state index is 0.125. The summed E-state index contributed by atoms with van der Waals surface area (Å²) >= 11 is 0.